The molecule has 0 bridgehead atoms. The van der Waals surface area contributed by atoms with Crippen molar-refractivity contribution in [2.45, 2.75) is 13.8 Å². The molecule has 6 heteroatoms. The first-order chi connectivity index (χ1) is 11.2. The van der Waals surface area contributed by atoms with Crippen molar-refractivity contribution in [3.63, 3.8) is 0 Å². The third-order valence-electron chi connectivity index (χ3n) is 3.18. The summed E-state index contributed by atoms with van der Waals surface area (Å²) in [6.07, 6.45) is 0. The number of fused-ring (bicyclic) bond motifs is 1. The van der Waals surface area contributed by atoms with Gasteiger partial charge in [-0.05, 0) is 50.2 Å². The van der Waals surface area contributed by atoms with Crippen LogP contribution in [0.4, 0.5) is 4.39 Å². The first-order valence-corrected chi connectivity index (χ1v) is 7.41. The third-order valence-corrected chi connectivity index (χ3v) is 3.18. The Labute approximate surface area is 133 Å². The van der Waals surface area contributed by atoms with Gasteiger partial charge in [0.15, 0.2) is 5.52 Å². The molecule has 3 rings (SSSR count). The molecule has 5 nitrogen and oxygen atoms in total. The highest BCUT2D eigenvalue weighted by atomic mass is 19.1. The predicted octanol–water partition coefficient (Wildman–Crippen LogP) is 3.63. The number of halogens is 1. The molecule has 0 atom stereocenters. The van der Waals surface area contributed by atoms with Gasteiger partial charge in [0.1, 0.15) is 11.3 Å². The van der Waals surface area contributed by atoms with Crippen molar-refractivity contribution < 1.29 is 13.9 Å². The van der Waals surface area contributed by atoms with Gasteiger partial charge in [0.2, 0.25) is 5.88 Å². The van der Waals surface area contributed by atoms with E-state index in [1.807, 2.05) is 26.0 Å². The first kappa shape index (κ1) is 15.1. The lowest BCUT2D eigenvalue weighted by molar-refractivity contribution is 0.292. The van der Waals surface area contributed by atoms with E-state index in [1.165, 1.54) is 12.1 Å². The Morgan fingerprint density at radius 3 is 2.30 bits per heavy atom. The average Bonchev–Trinajstić information content (AvgIpc) is 2.56. The van der Waals surface area contributed by atoms with Crippen LogP contribution < -0.4 is 9.47 Å². The number of hydrogen-bond donors (Lipinski definition) is 0. The molecule has 23 heavy (non-hydrogen) atoms. The highest BCUT2D eigenvalue weighted by molar-refractivity contribution is 5.82. The largest absolute Gasteiger partial charge is 0.476 e. The van der Waals surface area contributed by atoms with Crippen LogP contribution in [0, 0.1) is 5.82 Å². The van der Waals surface area contributed by atoms with E-state index in [1.54, 1.807) is 12.1 Å². The van der Waals surface area contributed by atoms with Crippen molar-refractivity contribution in [3.8, 4) is 23.1 Å². The van der Waals surface area contributed by atoms with Crippen molar-refractivity contribution in [3.05, 3.63) is 42.2 Å². The number of hydrogen-bond acceptors (Lipinski definition) is 5. The molecule has 0 fully saturated rings. The Balaban J connectivity index is 2.12. The lowest BCUT2D eigenvalue weighted by atomic mass is 10.1. The first-order valence-electron chi connectivity index (χ1n) is 7.41. The van der Waals surface area contributed by atoms with Gasteiger partial charge < -0.3 is 9.47 Å². The van der Waals surface area contributed by atoms with Crippen LogP contribution in [0.3, 0.4) is 0 Å². The van der Waals surface area contributed by atoms with Gasteiger partial charge in [-0.3, -0.25) is 0 Å². The number of aromatic nitrogens is 3. The Morgan fingerprint density at radius 1 is 0.870 bits per heavy atom. The van der Waals surface area contributed by atoms with Crippen LogP contribution >= 0.6 is 0 Å². The van der Waals surface area contributed by atoms with E-state index in [4.69, 9.17) is 9.47 Å². The van der Waals surface area contributed by atoms with Crippen LogP contribution in [0.15, 0.2) is 36.4 Å². The second-order valence-corrected chi connectivity index (χ2v) is 4.75. The normalized spacial score (nSPS) is 10.7. The molecule has 2 aromatic heterocycles. The zero-order valence-electron chi connectivity index (χ0n) is 12.9. The van der Waals surface area contributed by atoms with E-state index < -0.39 is 0 Å². The van der Waals surface area contributed by atoms with Crippen LogP contribution in [0.2, 0.25) is 0 Å². The van der Waals surface area contributed by atoms with Crippen molar-refractivity contribution in [1.29, 1.82) is 0 Å². The molecule has 0 radical (unpaired) electrons. The zero-order valence-corrected chi connectivity index (χ0v) is 12.9. The summed E-state index contributed by atoms with van der Waals surface area (Å²) in [4.78, 5) is 13.1. The third kappa shape index (κ3) is 3.21. The molecule has 2 heterocycles. The van der Waals surface area contributed by atoms with Crippen molar-refractivity contribution >= 4 is 11.0 Å². The fraction of sp³-hybridized carbons (Fsp3) is 0.235. The quantitative estimate of drug-likeness (QED) is 0.720. The standard InChI is InChI=1S/C17H16FN3O2/c1-3-22-16-15-14(20-17(21-16)23-4-2)10-9-13(19-15)11-5-7-12(18)8-6-11/h5-10H,3-4H2,1-2H3. The van der Waals surface area contributed by atoms with Crippen LogP contribution in [0.1, 0.15) is 13.8 Å². The van der Waals surface area contributed by atoms with Gasteiger partial charge in [-0.2, -0.15) is 9.97 Å². The topological polar surface area (TPSA) is 57.1 Å². The Kier molecular flexibility index (Phi) is 4.32. The molecule has 0 aliphatic rings. The number of pyridine rings is 1. The van der Waals surface area contributed by atoms with Gasteiger partial charge in [-0.1, -0.05) is 0 Å². The second kappa shape index (κ2) is 6.56. The van der Waals surface area contributed by atoms with Crippen molar-refractivity contribution in [2.75, 3.05) is 13.2 Å². The van der Waals surface area contributed by atoms with Crippen LogP contribution in [-0.2, 0) is 0 Å². The summed E-state index contributed by atoms with van der Waals surface area (Å²) < 4.78 is 24.0. The summed E-state index contributed by atoms with van der Waals surface area (Å²) >= 11 is 0. The van der Waals surface area contributed by atoms with E-state index >= 15 is 0 Å². The van der Waals surface area contributed by atoms with E-state index in [0.717, 1.165) is 5.56 Å². The van der Waals surface area contributed by atoms with Gasteiger partial charge in [0, 0.05) is 5.56 Å². The Morgan fingerprint density at radius 2 is 1.61 bits per heavy atom. The number of rotatable bonds is 5. The number of ether oxygens (including phenoxy) is 2. The van der Waals surface area contributed by atoms with Crippen molar-refractivity contribution in [1.82, 2.24) is 15.0 Å². The summed E-state index contributed by atoms with van der Waals surface area (Å²) in [6.45, 7) is 4.67. The second-order valence-electron chi connectivity index (χ2n) is 4.75. The molecular weight excluding hydrogens is 297 g/mol. The molecule has 0 spiro atoms. The van der Waals surface area contributed by atoms with Gasteiger partial charge in [-0.25, -0.2) is 9.37 Å². The van der Waals surface area contributed by atoms with E-state index in [9.17, 15) is 4.39 Å². The minimum atomic E-state index is -0.283. The molecule has 1 aromatic carbocycles. The summed E-state index contributed by atoms with van der Waals surface area (Å²) in [5.41, 5.74) is 2.70. The zero-order chi connectivity index (χ0) is 16.2. The molecule has 0 amide bonds. The van der Waals surface area contributed by atoms with Crippen LogP contribution in [-0.4, -0.2) is 28.2 Å². The molecule has 0 aliphatic carbocycles. The average molecular weight is 313 g/mol. The van der Waals surface area contributed by atoms with Gasteiger partial charge >= 0.3 is 6.01 Å². The maximum absolute atomic E-state index is 13.1. The maximum Gasteiger partial charge on any atom is 0.320 e. The SMILES string of the molecule is CCOc1nc(OCC)c2nc(-c3ccc(F)cc3)ccc2n1. The minimum absolute atomic E-state index is 0.264. The molecule has 3 aromatic rings. The molecular formula is C17H16FN3O2. The molecule has 0 saturated heterocycles. The van der Waals surface area contributed by atoms with E-state index in [-0.39, 0.29) is 11.8 Å². The number of benzene rings is 1. The Bertz CT molecular complexity index is 822. The van der Waals surface area contributed by atoms with Gasteiger partial charge in [-0.15, -0.1) is 0 Å². The summed E-state index contributed by atoms with van der Waals surface area (Å²) in [5.74, 6) is 0.0964. The minimum Gasteiger partial charge on any atom is -0.476 e. The molecule has 0 aliphatic heterocycles. The van der Waals surface area contributed by atoms with Gasteiger partial charge in [0.05, 0.1) is 18.9 Å². The molecule has 0 unspecified atom stereocenters. The van der Waals surface area contributed by atoms with E-state index in [2.05, 4.69) is 15.0 Å². The van der Waals surface area contributed by atoms with Crippen molar-refractivity contribution in [2.24, 2.45) is 0 Å². The predicted molar refractivity (Wildman–Crippen MR) is 85.1 cm³/mol. The Hall–Kier alpha value is -2.76. The van der Waals surface area contributed by atoms with Crippen LogP contribution in [0.25, 0.3) is 22.3 Å². The molecule has 0 saturated carbocycles. The van der Waals surface area contributed by atoms with Crippen LogP contribution in [0.5, 0.6) is 11.9 Å². The highest BCUT2D eigenvalue weighted by Crippen LogP contribution is 2.27. The smallest absolute Gasteiger partial charge is 0.320 e. The summed E-state index contributed by atoms with van der Waals surface area (Å²) in [5, 5.41) is 0. The number of nitrogens with zero attached hydrogens (tertiary/aromatic N) is 3. The maximum atomic E-state index is 13.1. The molecule has 0 N–H and O–H groups in total. The monoisotopic (exact) mass is 313 g/mol. The lowest BCUT2D eigenvalue weighted by Crippen LogP contribution is -2.03. The van der Waals surface area contributed by atoms with Gasteiger partial charge in [0.25, 0.3) is 0 Å². The highest BCUT2D eigenvalue weighted by Gasteiger charge is 2.12. The molecule has 118 valence electrons. The summed E-state index contributed by atoms with van der Waals surface area (Å²) in [7, 11) is 0. The lowest BCUT2D eigenvalue weighted by Gasteiger charge is -2.09. The fourth-order valence-corrected chi connectivity index (χ4v) is 2.18. The fourth-order valence-electron chi connectivity index (χ4n) is 2.18. The summed E-state index contributed by atoms with van der Waals surface area (Å²) in [6, 6.07) is 10.1. The van der Waals surface area contributed by atoms with E-state index in [0.29, 0.717) is 35.8 Å².